The Morgan fingerprint density at radius 1 is 0.825 bits per heavy atom. The molecule has 1 heterocycles. The lowest BCUT2D eigenvalue weighted by Crippen LogP contribution is -2.40. The minimum atomic E-state index is -0.611. The van der Waals surface area contributed by atoms with Gasteiger partial charge in [0, 0.05) is 18.7 Å². The van der Waals surface area contributed by atoms with Crippen LogP contribution in [0.25, 0.3) is 6.08 Å². The standard InChI is InChI=1S/C32H35N3O5/c1-32(2,3)40-31(38)35-19-17-24(18-20-35)21-23-13-15-26(16-14-23)29(36)33-27-11-7-8-12-28(27)34-30(37)39-22-25-9-5-4-6-10-25/h4-16,21H,17-20,22H2,1-3H3,(H,33,36)(H,34,37). The van der Waals surface area contributed by atoms with Crippen LogP contribution in [0.2, 0.25) is 0 Å². The summed E-state index contributed by atoms with van der Waals surface area (Å²) in [6.07, 6.45) is 2.77. The molecule has 40 heavy (non-hydrogen) atoms. The monoisotopic (exact) mass is 541 g/mol. The Kier molecular flexibility index (Phi) is 9.22. The highest BCUT2D eigenvalue weighted by Crippen LogP contribution is 2.24. The van der Waals surface area contributed by atoms with Crippen molar-refractivity contribution < 1.29 is 23.9 Å². The number of carbonyl (C=O) groups is 3. The molecule has 2 N–H and O–H groups in total. The van der Waals surface area contributed by atoms with Crippen molar-refractivity contribution >= 4 is 35.5 Å². The van der Waals surface area contributed by atoms with Crippen LogP contribution in [0.3, 0.4) is 0 Å². The number of hydrogen-bond acceptors (Lipinski definition) is 5. The molecular weight excluding hydrogens is 506 g/mol. The van der Waals surface area contributed by atoms with E-state index in [1.54, 1.807) is 41.3 Å². The molecule has 1 aliphatic heterocycles. The van der Waals surface area contributed by atoms with Gasteiger partial charge >= 0.3 is 12.2 Å². The number of nitrogens with zero attached hydrogens (tertiary/aromatic N) is 1. The van der Waals surface area contributed by atoms with Crippen LogP contribution < -0.4 is 10.6 Å². The molecule has 0 aliphatic carbocycles. The molecule has 0 atom stereocenters. The number of carbonyl (C=O) groups excluding carboxylic acids is 3. The zero-order valence-corrected chi connectivity index (χ0v) is 23.1. The lowest BCUT2D eigenvalue weighted by Gasteiger charge is -2.31. The van der Waals surface area contributed by atoms with Crippen molar-refractivity contribution in [3.05, 3.63) is 101 Å². The fourth-order valence-electron chi connectivity index (χ4n) is 4.18. The Morgan fingerprint density at radius 3 is 2.05 bits per heavy atom. The van der Waals surface area contributed by atoms with Crippen LogP contribution in [0.1, 0.15) is 55.1 Å². The van der Waals surface area contributed by atoms with E-state index in [1.807, 2.05) is 63.2 Å². The van der Waals surface area contributed by atoms with Gasteiger partial charge in [-0.05, 0) is 69.0 Å². The number of piperidine rings is 1. The van der Waals surface area contributed by atoms with Gasteiger partial charge in [0.25, 0.3) is 5.91 Å². The van der Waals surface area contributed by atoms with Crippen LogP contribution in [0.4, 0.5) is 21.0 Å². The maximum absolute atomic E-state index is 12.9. The molecule has 0 bridgehead atoms. The third kappa shape index (κ3) is 8.46. The van der Waals surface area contributed by atoms with E-state index in [4.69, 9.17) is 9.47 Å². The van der Waals surface area contributed by atoms with Gasteiger partial charge in [-0.15, -0.1) is 0 Å². The molecule has 8 nitrogen and oxygen atoms in total. The summed E-state index contributed by atoms with van der Waals surface area (Å²) in [5, 5.41) is 5.56. The summed E-state index contributed by atoms with van der Waals surface area (Å²) in [5.74, 6) is -0.295. The third-order valence-corrected chi connectivity index (χ3v) is 6.23. The van der Waals surface area contributed by atoms with Crippen molar-refractivity contribution in [1.29, 1.82) is 0 Å². The second-order valence-corrected chi connectivity index (χ2v) is 10.6. The van der Waals surface area contributed by atoms with Crippen LogP contribution >= 0.6 is 0 Å². The van der Waals surface area contributed by atoms with Gasteiger partial charge in [0.1, 0.15) is 12.2 Å². The first-order valence-electron chi connectivity index (χ1n) is 13.3. The van der Waals surface area contributed by atoms with Crippen molar-refractivity contribution in [2.75, 3.05) is 23.7 Å². The number of ether oxygens (including phenoxy) is 2. The number of amides is 3. The first-order chi connectivity index (χ1) is 19.2. The van der Waals surface area contributed by atoms with Crippen molar-refractivity contribution in [3.8, 4) is 0 Å². The van der Waals surface area contributed by atoms with E-state index in [-0.39, 0.29) is 18.6 Å². The molecule has 4 rings (SSSR count). The number of hydrogen-bond donors (Lipinski definition) is 2. The van der Waals surface area contributed by atoms with Gasteiger partial charge in [-0.2, -0.15) is 0 Å². The van der Waals surface area contributed by atoms with Crippen molar-refractivity contribution in [1.82, 2.24) is 4.90 Å². The molecule has 0 radical (unpaired) electrons. The molecule has 1 fully saturated rings. The summed E-state index contributed by atoms with van der Waals surface area (Å²) in [7, 11) is 0. The molecular formula is C32H35N3O5. The highest BCUT2D eigenvalue weighted by Gasteiger charge is 2.24. The minimum Gasteiger partial charge on any atom is -0.444 e. The van der Waals surface area contributed by atoms with Gasteiger partial charge in [-0.3, -0.25) is 10.1 Å². The molecule has 3 aromatic rings. The molecule has 8 heteroatoms. The lowest BCUT2D eigenvalue weighted by molar-refractivity contribution is 0.0236. The first-order valence-corrected chi connectivity index (χ1v) is 13.3. The average molecular weight is 542 g/mol. The number of nitrogens with one attached hydrogen (secondary N) is 2. The second kappa shape index (κ2) is 13.0. The van der Waals surface area contributed by atoms with E-state index in [9.17, 15) is 14.4 Å². The predicted octanol–water partition coefficient (Wildman–Crippen LogP) is 7.10. The smallest absolute Gasteiger partial charge is 0.412 e. The SMILES string of the molecule is CC(C)(C)OC(=O)N1CCC(=Cc2ccc(C(=O)Nc3ccccc3NC(=O)OCc3ccccc3)cc2)CC1. The average Bonchev–Trinajstić information content (AvgIpc) is 2.93. The minimum absolute atomic E-state index is 0.145. The molecule has 0 aromatic heterocycles. The Morgan fingerprint density at radius 2 is 1.43 bits per heavy atom. The Labute approximate surface area is 235 Å². The fourth-order valence-corrected chi connectivity index (χ4v) is 4.18. The molecule has 0 spiro atoms. The molecule has 3 amide bonds. The zero-order chi connectivity index (χ0) is 28.5. The van der Waals surface area contributed by atoms with E-state index >= 15 is 0 Å². The van der Waals surface area contributed by atoms with Crippen molar-refractivity contribution in [3.63, 3.8) is 0 Å². The second-order valence-electron chi connectivity index (χ2n) is 10.6. The maximum Gasteiger partial charge on any atom is 0.412 e. The number of likely N-dealkylation sites (tertiary alicyclic amines) is 1. The van der Waals surface area contributed by atoms with E-state index in [0.29, 0.717) is 30.0 Å². The topological polar surface area (TPSA) is 97.0 Å². The highest BCUT2D eigenvalue weighted by molar-refractivity contribution is 6.07. The van der Waals surface area contributed by atoms with Gasteiger partial charge in [0.05, 0.1) is 11.4 Å². The fraction of sp³-hybridized carbons (Fsp3) is 0.281. The number of rotatable bonds is 6. The van der Waals surface area contributed by atoms with E-state index < -0.39 is 11.7 Å². The summed E-state index contributed by atoms with van der Waals surface area (Å²) in [6, 6.07) is 23.7. The lowest BCUT2D eigenvalue weighted by atomic mass is 10.0. The van der Waals surface area contributed by atoms with Gasteiger partial charge in [-0.1, -0.05) is 66.2 Å². The number of benzene rings is 3. The summed E-state index contributed by atoms with van der Waals surface area (Å²) in [6.45, 7) is 6.98. The molecule has 1 aliphatic rings. The molecule has 0 saturated carbocycles. The number of anilines is 2. The first kappa shape index (κ1) is 28.4. The molecule has 208 valence electrons. The third-order valence-electron chi connectivity index (χ3n) is 6.23. The van der Waals surface area contributed by atoms with Crippen LogP contribution in [-0.2, 0) is 16.1 Å². The van der Waals surface area contributed by atoms with Gasteiger partial charge in [0.15, 0.2) is 0 Å². The van der Waals surface area contributed by atoms with Gasteiger partial charge < -0.3 is 19.7 Å². The Balaban J connectivity index is 1.31. The van der Waals surface area contributed by atoms with Crippen LogP contribution in [0.5, 0.6) is 0 Å². The van der Waals surface area contributed by atoms with Gasteiger partial charge in [-0.25, -0.2) is 9.59 Å². The normalized spacial score (nSPS) is 13.3. The van der Waals surface area contributed by atoms with Crippen LogP contribution in [-0.4, -0.2) is 41.7 Å². The molecule has 1 saturated heterocycles. The van der Waals surface area contributed by atoms with E-state index in [1.165, 1.54) is 5.57 Å². The van der Waals surface area contributed by atoms with Crippen molar-refractivity contribution in [2.24, 2.45) is 0 Å². The molecule has 3 aromatic carbocycles. The summed E-state index contributed by atoms with van der Waals surface area (Å²) in [5.41, 5.74) is 4.00. The van der Waals surface area contributed by atoms with E-state index in [2.05, 4.69) is 16.7 Å². The summed E-state index contributed by atoms with van der Waals surface area (Å²) in [4.78, 5) is 39.3. The van der Waals surface area contributed by atoms with Crippen LogP contribution in [0.15, 0.2) is 84.4 Å². The zero-order valence-electron chi connectivity index (χ0n) is 23.1. The van der Waals surface area contributed by atoms with E-state index in [0.717, 1.165) is 24.0 Å². The quantitative estimate of drug-likeness (QED) is 0.347. The Hall–Kier alpha value is -4.59. The van der Waals surface area contributed by atoms with Crippen molar-refractivity contribution in [2.45, 2.75) is 45.8 Å². The van der Waals surface area contributed by atoms with Crippen LogP contribution in [0, 0.1) is 0 Å². The maximum atomic E-state index is 12.9. The largest absolute Gasteiger partial charge is 0.444 e. The highest BCUT2D eigenvalue weighted by atomic mass is 16.6. The molecule has 0 unspecified atom stereocenters. The predicted molar refractivity (Wildman–Crippen MR) is 156 cm³/mol. The summed E-state index contributed by atoms with van der Waals surface area (Å²) >= 11 is 0. The Bertz CT molecular complexity index is 1350. The van der Waals surface area contributed by atoms with Gasteiger partial charge in [0.2, 0.25) is 0 Å². The number of para-hydroxylation sites is 2. The summed E-state index contributed by atoms with van der Waals surface area (Å²) < 4.78 is 10.8.